The molecule has 0 aliphatic heterocycles. The van der Waals surface area contributed by atoms with Crippen LogP contribution in [0.1, 0.15) is 24.6 Å². The zero-order valence-corrected chi connectivity index (χ0v) is 11.9. The molecule has 0 saturated heterocycles. The predicted molar refractivity (Wildman–Crippen MR) is 76.9 cm³/mol. The molecule has 0 aliphatic carbocycles. The zero-order valence-electron chi connectivity index (χ0n) is 11.9. The molecule has 5 heteroatoms. The van der Waals surface area contributed by atoms with Gasteiger partial charge in [0.05, 0.1) is 11.9 Å². The van der Waals surface area contributed by atoms with Crippen molar-refractivity contribution in [3.63, 3.8) is 0 Å². The van der Waals surface area contributed by atoms with Crippen LogP contribution in [0.2, 0.25) is 0 Å². The van der Waals surface area contributed by atoms with Crippen LogP contribution in [0.3, 0.4) is 0 Å². The van der Waals surface area contributed by atoms with Gasteiger partial charge in [0, 0.05) is 18.2 Å². The molecule has 2 rings (SSSR count). The Morgan fingerprint density at radius 1 is 1.19 bits per heavy atom. The summed E-state index contributed by atoms with van der Waals surface area (Å²) in [5.74, 6) is -0.650. The highest BCUT2D eigenvalue weighted by molar-refractivity contribution is 5.22. The van der Waals surface area contributed by atoms with Crippen LogP contribution in [0.5, 0.6) is 5.75 Å². The number of pyridine rings is 1. The first-order valence-electron chi connectivity index (χ1n) is 6.91. The molecule has 0 radical (unpaired) electrons. The van der Waals surface area contributed by atoms with Gasteiger partial charge in [-0.1, -0.05) is 6.92 Å². The molecule has 0 spiro atoms. The van der Waals surface area contributed by atoms with Crippen molar-refractivity contribution in [1.82, 2.24) is 10.3 Å². The Hall–Kier alpha value is -2.01. The summed E-state index contributed by atoms with van der Waals surface area (Å²) in [5, 5.41) is 3.25. The Kier molecular flexibility index (Phi) is 5.63. The molecule has 0 fully saturated rings. The van der Waals surface area contributed by atoms with Crippen LogP contribution in [0.15, 0.2) is 36.5 Å². The lowest BCUT2D eigenvalue weighted by Crippen LogP contribution is -2.14. The lowest BCUT2D eigenvalue weighted by atomic mass is 10.2. The molecule has 1 aromatic heterocycles. The van der Waals surface area contributed by atoms with Crippen LogP contribution in [-0.4, -0.2) is 11.5 Å². The van der Waals surface area contributed by atoms with E-state index in [1.165, 1.54) is 12.1 Å². The van der Waals surface area contributed by atoms with Crippen molar-refractivity contribution in [1.29, 1.82) is 0 Å². The SMILES string of the molecule is CCCNCc1ccc(OCc2ccc(F)cc2F)cn1. The second kappa shape index (κ2) is 7.69. The summed E-state index contributed by atoms with van der Waals surface area (Å²) in [5.41, 5.74) is 1.23. The first-order chi connectivity index (χ1) is 10.2. The number of hydrogen-bond donors (Lipinski definition) is 1. The van der Waals surface area contributed by atoms with E-state index in [1.54, 1.807) is 12.3 Å². The third-order valence-corrected chi connectivity index (χ3v) is 2.94. The molecule has 0 saturated carbocycles. The van der Waals surface area contributed by atoms with E-state index in [2.05, 4.69) is 17.2 Å². The Labute approximate surface area is 123 Å². The molecule has 0 atom stereocenters. The van der Waals surface area contributed by atoms with Gasteiger partial charge >= 0.3 is 0 Å². The average molecular weight is 292 g/mol. The molecule has 21 heavy (non-hydrogen) atoms. The smallest absolute Gasteiger partial charge is 0.138 e. The summed E-state index contributed by atoms with van der Waals surface area (Å²) in [4.78, 5) is 4.26. The van der Waals surface area contributed by atoms with Gasteiger partial charge in [-0.25, -0.2) is 8.78 Å². The van der Waals surface area contributed by atoms with E-state index in [4.69, 9.17) is 4.74 Å². The maximum Gasteiger partial charge on any atom is 0.138 e. The number of halogens is 2. The molecule has 1 heterocycles. The van der Waals surface area contributed by atoms with E-state index in [1.807, 2.05) is 6.07 Å². The fourth-order valence-electron chi connectivity index (χ4n) is 1.79. The maximum absolute atomic E-state index is 13.4. The normalized spacial score (nSPS) is 10.6. The number of ether oxygens (including phenoxy) is 1. The topological polar surface area (TPSA) is 34.1 Å². The highest BCUT2D eigenvalue weighted by atomic mass is 19.1. The summed E-state index contributed by atoms with van der Waals surface area (Å²) < 4.78 is 31.7. The lowest BCUT2D eigenvalue weighted by Gasteiger charge is -2.08. The standard InChI is InChI=1S/C16H18F2N2O/c1-2-7-19-9-14-5-6-15(10-20-14)21-11-12-3-4-13(17)8-16(12)18/h3-6,8,10,19H,2,7,9,11H2,1H3. The van der Waals surface area contributed by atoms with Crippen molar-refractivity contribution in [2.24, 2.45) is 0 Å². The van der Waals surface area contributed by atoms with Crippen molar-refractivity contribution >= 4 is 0 Å². The van der Waals surface area contributed by atoms with Crippen molar-refractivity contribution in [2.75, 3.05) is 6.54 Å². The number of hydrogen-bond acceptors (Lipinski definition) is 3. The van der Waals surface area contributed by atoms with Gasteiger partial charge in [-0.2, -0.15) is 0 Å². The van der Waals surface area contributed by atoms with Crippen molar-refractivity contribution < 1.29 is 13.5 Å². The van der Waals surface area contributed by atoms with Gasteiger partial charge in [-0.15, -0.1) is 0 Å². The van der Waals surface area contributed by atoms with Crippen LogP contribution >= 0.6 is 0 Å². The molecule has 2 aromatic rings. The molecule has 0 aliphatic rings. The molecule has 0 bridgehead atoms. The highest BCUT2D eigenvalue weighted by Crippen LogP contribution is 2.15. The largest absolute Gasteiger partial charge is 0.487 e. The molecule has 3 nitrogen and oxygen atoms in total. The van der Waals surface area contributed by atoms with E-state index in [0.717, 1.165) is 24.7 Å². The first kappa shape index (κ1) is 15.4. The van der Waals surface area contributed by atoms with Gasteiger partial charge in [0.2, 0.25) is 0 Å². The average Bonchev–Trinajstić information content (AvgIpc) is 2.48. The summed E-state index contributed by atoms with van der Waals surface area (Å²) in [6.45, 7) is 3.80. The van der Waals surface area contributed by atoms with E-state index in [-0.39, 0.29) is 6.61 Å². The molecule has 0 unspecified atom stereocenters. The number of nitrogens with one attached hydrogen (secondary N) is 1. The monoisotopic (exact) mass is 292 g/mol. The first-order valence-corrected chi connectivity index (χ1v) is 6.91. The van der Waals surface area contributed by atoms with Gasteiger partial charge in [0.1, 0.15) is 24.0 Å². The Balaban J connectivity index is 1.88. The minimum atomic E-state index is -0.608. The molecular formula is C16H18F2N2O. The third kappa shape index (κ3) is 4.79. The third-order valence-electron chi connectivity index (χ3n) is 2.94. The van der Waals surface area contributed by atoms with Crippen LogP contribution < -0.4 is 10.1 Å². The van der Waals surface area contributed by atoms with Gasteiger partial charge in [0.25, 0.3) is 0 Å². The summed E-state index contributed by atoms with van der Waals surface area (Å²) in [7, 11) is 0. The van der Waals surface area contributed by atoms with E-state index < -0.39 is 11.6 Å². The predicted octanol–water partition coefficient (Wildman–Crippen LogP) is 3.44. The molecule has 1 N–H and O–H groups in total. The molecular weight excluding hydrogens is 274 g/mol. The molecule has 0 amide bonds. The minimum Gasteiger partial charge on any atom is -0.487 e. The summed E-state index contributed by atoms with van der Waals surface area (Å²) >= 11 is 0. The maximum atomic E-state index is 13.4. The van der Waals surface area contributed by atoms with Crippen LogP contribution in [0.4, 0.5) is 8.78 Å². The van der Waals surface area contributed by atoms with Crippen molar-refractivity contribution in [3.05, 3.63) is 59.4 Å². The fourth-order valence-corrected chi connectivity index (χ4v) is 1.79. The van der Waals surface area contributed by atoms with Crippen LogP contribution in [0.25, 0.3) is 0 Å². The van der Waals surface area contributed by atoms with E-state index in [9.17, 15) is 8.78 Å². The highest BCUT2D eigenvalue weighted by Gasteiger charge is 2.05. The number of benzene rings is 1. The summed E-state index contributed by atoms with van der Waals surface area (Å²) in [6, 6.07) is 7.08. The van der Waals surface area contributed by atoms with Gasteiger partial charge in [0.15, 0.2) is 0 Å². The quantitative estimate of drug-likeness (QED) is 0.794. The second-order valence-electron chi connectivity index (χ2n) is 4.69. The van der Waals surface area contributed by atoms with E-state index >= 15 is 0 Å². The molecule has 1 aromatic carbocycles. The van der Waals surface area contributed by atoms with Gasteiger partial charge in [-0.05, 0) is 37.2 Å². The zero-order chi connectivity index (χ0) is 15.1. The fraction of sp³-hybridized carbons (Fsp3) is 0.312. The Morgan fingerprint density at radius 2 is 2.05 bits per heavy atom. The van der Waals surface area contributed by atoms with Crippen LogP contribution in [0, 0.1) is 11.6 Å². The Bertz CT molecular complexity index is 573. The second-order valence-corrected chi connectivity index (χ2v) is 4.69. The molecule has 112 valence electrons. The summed E-state index contributed by atoms with van der Waals surface area (Å²) in [6.07, 6.45) is 2.68. The number of nitrogens with zero attached hydrogens (tertiary/aromatic N) is 1. The minimum absolute atomic E-state index is 0.0429. The Morgan fingerprint density at radius 3 is 2.71 bits per heavy atom. The van der Waals surface area contributed by atoms with Crippen molar-refractivity contribution in [3.8, 4) is 5.75 Å². The van der Waals surface area contributed by atoms with Gasteiger partial charge in [-0.3, -0.25) is 4.98 Å². The van der Waals surface area contributed by atoms with Gasteiger partial charge < -0.3 is 10.1 Å². The lowest BCUT2D eigenvalue weighted by molar-refractivity contribution is 0.298. The number of aromatic nitrogens is 1. The van der Waals surface area contributed by atoms with Crippen molar-refractivity contribution in [2.45, 2.75) is 26.5 Å². The van der Waals surface area contributed by atoms with E-state index in [0.29, 0.717) is 17.9 Å². The van der Waals surface area contributed by atoms with Crippen LogP contribution in [-0.2, 0) is 13.2 Å². The number of rotatable bonds is 7.